The van der Waals surface area contributed by atoms with Crippen molar-refractivity contribution in [2.45, 2.75) is 44.6 Å². The first kappa shape index (κ1) is 20.4. The van der Waals surface area contributed by atoms with Crippen LogP contribution in [0, 0.1) is 5.92 Å². The van der Waals surface area contributed by atoms with Crippen molar-refractivity contribution in [1.29, 1.82) is 0 Å². The van der Waals surface area contributed by atoms with Crippen molar-refractivity contribution in [1.82, 2.24) is 14.5 Å². The van der Waals surface area contributed by atoms with Gasteiger partial charge in [0.2, 0.25) is 15.9 Å². The van der Waals surface area contributed by atoms with Gasteiger partial charge in [-0.05, 0) is 50.9 Å². The first-order valence-corrected chi connectivity index (χ1v) is 11.8. The molecule has 0 aliphatic carbocycles. The molecule has 1 aromatic rings. The largest absolute Gasteiger partial charge is 0.468 e. The molecule has 7 nitrogen and oxygen atoms in total. The quantitative estimate of drug-likeness (QED) is 0.794. The molecule has 27 heavy (non-hydrogen) atoms. The van der Waals surface area contributed by atoms with Crippen molar-refractivity contribution in [3.05, 3.63) is 24.2 Å². The Hall–Kier alpha value is -1.38. The maximum absolute atomic E-state index is 12.7. The van der Waals surface area contributed by atoms with Gasteiger partial charge in [0.25, 0.3) is 0 Å². The molecule has 1 unspecified atom stereocenters. The topological polar surface area (TPSA) is 82.9 Å². The Labute approximate surface area is 162 Å². The average Bonchev–Trinajstić information content (AvgIpc) is 3.04. The number of sulfonamides is 1. The number of nitrogens with one attached hydrogen (secondary N) is 1. The number of likely N-dealkylation sites (tertiary alicyclic amines) is 1. The van der Waals surface area contributed by atoms with E-state index in [1.54, 1.807) is 6.26 Å². The molecule has 152 valence electrons. The van der Waals surface area contributed by atoms with Gasteiger partial charge in [0, 0.05) is 25.6 Å². The summed E-state index contributed by atoms with van der Waals surface area (Å²) < 4.78 is 30.4. The molecule has 1 N–H and O–H groups in total. The standard InChI is InChI=1S/C19H31N3O4S/c1-27(24,25)22-12-8-16(9-13-22)19(23)20-15-17(18-7-6-14-26-18)21-10-4-2-3-5-11-21/h6-7,14,16-17H,2-5,8-13,15H2,1H3,(H,20,23). The minimum atomic E-state index is -3.17. The fourth-order valence-corrected chi connectivity index (χ4v) is 4.96. The summed E-state index contributed by atoms with van der Waals surface area (Å²) in [5, 5.41) is 3.10. The van der Waals surface area contributed by atoms with Crippen LogP contribution in [0.4, 0.5) is 0 Å². The first-order chi connectivity index (χ1) is 12.9. The fraction of sp³-hybridized carbons (Fsp3) is 0.737. The summed E-state index contributed by atoms with van der Waals surface area (Å²) in [4.78, 5) is 15.1. The predicted octanol–water partition coefficient (Wildman–Crippen LogP) is 1.98. The van der Waals surface area contributed by atoms with Gasteiger partial charge in [-0.15, -0.1) is 0 Å². The summed E-state index contributed by atoms with van der Waals surface area (Å²) >= 11 is 0. The fourth-order valence-electron chi connectivity index (χ4n) is 4.09. The van der Waals surface area contributed by atoms with Gasteiger partial charge < -0.3 is 9.73 Å². The molecule has 2 saturated heterocycles. The number of hydrogen-bond donors (Lipinski definition) is 1. The Bertz CT molecular complexity index is 689. The second-order valence-electron chi connectivity index (χ2n) is 7.66. The highest BCUT2D eigenvalue weighted by atomic mass is 32.2. The molecule has 8 heteroatoms. The lowest BCUT2D eigenvalue weighted by Gasteiger charge is -2.32. The number of nitrogens with zero attached hydrogens (tertiary/aromatic N) is 2. The van der Waals surface area contributed by atoms with Crippen LogP contribution in [0.1, 0.15) is 50.3 Å². The van der Waals surface area contributed by atoms with E-state index in [1.165, 1.54) is 36.2 Å². The molecule has 2 aliphatic rings. The zero-order valence-corrected chi connectivity index (χ0v) is 16.9. The van der Waals surface area contributed by atoms with Gasteiger partial charge >= 0.3 is 0 Å². The Morgan fingerprint density at radius 3 is 2.41 bits per heavy atom. The molecule has 0 bridgehead atoms. The second-order valence-corrected chi connectivity index (χ2v) is 9.65. The lowest BCUT2D eigenvalue weighted by molar-refractivity contribution is -0.126. The Morgan fingerprint density at radius 1 is 1.19 bits per heavy atom. The lowest BCUT2D eigenvalue weighted by Crippen LogP contribution is -2.44. The van der Waals surface area contributed by atoms with Crippen LogP contribution in [-0.4, -0.2) is 62.5 Å². The maximum atomic E-state index is 12.7. The van der Waals surface area contributed by atoms with Gasteiger partial charge in [-0.25, -0.2) is 12.7 Å². The van der Waals surface area contributed by atoms with E-state index in [2.05, 4.69) is 10.2 Å². The van der Waals surface area contributed by atoms with Crippen LogP contribution < -0.4 is 5.32 Å². The van der Waals surface area contributed by atoms with Crippen molar-refractivity contribution in [2.75, 3.05) is 39.0 Å². The molecule has 1 amide bonds. The number of carbonyl (C=O) groups is 1. The smallest absolute Gasteiger partial charge is 0.223 e. The highest BCUT2D eigenvalue weighted by Crippen LogP contribution is 2.25. The molecule has 0 saturated carbocycles. The van der Waals surface area contributed by atoms with Crippen LogP contribution in [0.5, 0.6) is 0 Å². The van der Waals surface area contributed by atoms with Gasteiger partial charge in [-0.2, -0.15) is 0 Å². The van der Waals surface area contributed by atoms with Crippen molar-refractivity contribution in [3.63, 3.8) is 0 Å². The Morgan fingerprint density at radius 2 is 1.85 bits per heavy atom. The normalized spacial score (nSPS) is 22.3. The molecular formula is C19H31N3O4S. The van der Waals surface area contributed by atoms with Gasteiger partial charge in [0.05, 0.1) is 18.6 Å². The predicted molar refractivity (Wildman–Crippen MR) is 104 cm³/mol. The van der Waals surface area contributed by atoms with Crippen molar-refractivity contribution < 1.29 is 17.6 Å². The Kier molecular flexibility index (Phi) is 6.94. The number of furan rings is 1. The van der Waals surface area contributed by atoms with Gasteiger partial charge in [0.1, 0.15) is 5.76 Å². The van der Waals surface area contributed by atoms with E-state index in [0.29, 0.717) is 32.5 Å². The van der Waals surface area contributed by atoms with E-state index in [-0.39, 0.29) is 17.9 Å². The zero-order valence-electron chi connectivity index (χ0n) is 16.1. The SMILES string of the molecule is CS(=O)(=O)N1CCC(C(=O)NCC(c2ccco2)N2CCCCCC2)CC1. The summed E-state index contributed by atoms with van der Waals surface area (Å²) in [5.74, 6) is 0.794. The van der Waals surface area contributed by atoms with E-state index >= 15 is 0 Å². The second kappa shape index (κ2) is 9.21. The number of piperidine rings is 1. The molecule has 2 fully saturated rings. The maximum Gasteiger partial charge on any atom is 0.223 e. The molecule has 1 atom stereocenters. The van der Waals surface area contributed by atoms with Crippen LogP contribution in [0.25, 0.3) is 0 Å². The van der Waals surface area contributed by atoms with Crippen molar-refractivity contribution in [3.8, 4) is 0 Å². The zero-order chi connectivity index (χ0) is 19.3. The summed E-state index contributed by atoms with van der Waals surface area (Å²) in [6.07, 6.45) is 8.93. The van der Waals surface area contributed by atoms with Gasteiger partial charge in [-0.3, -0.25) is 9.69 Å². The lowest BCUT2D eigenvalue weighted by atomic mass is 9.97. The molecular weight excluding hydrogens is 366 g/mol. The van der Waals surface area contributed by atoms with Crippen molar-refractivity contribution >= 4 is 15.9 Å². The first-order valence-electron chi connectivity index (χ1n) is 9.95. The van der Waals surface area contributed by atoms with Gasteiger partial charge in [0.15, 0.2) is 0 Å². The monoisotopic (exact) mass is 397 g/mol. The minimum Gasteiger partial charge on any atom is -0.468 e. The van der Waals surface area contributed by atoms with Crippen LogP contribution in [0.3, 0.4) is 0 Å². The number of carbonyl (C=O) groups excluding carboxylic acids is 1. The third-order valence-electron chi connectivity index (χ3n) is 5.72. The van der Waals surface area contributed by atoms with E-state index < -0.39 is 10.0 Å². The molecule has 0 radical (unpaired) electrons. The summed E-state index contributed by atoms with van der Waals surface area (Å²) in [6.45, 7) is 3.41. The summed E-state index contributed by atoms with van der Waals surface area (Å²) in [6, 6.07) is 3.92. The molecule has 2 aliphatic heterocycles. The summed E-state index contributed by atoms with van der Waals surface area (Å²) in [5.41, 5.74) is 0. The van der Waals surface area contributed by atoms with Crippen LogP contribution >= 0.6 is 0 Å². The molecule has 1 aromatic heterocycles. The van der Waals surface area contributed by atoms with Crippen LogP contribution in [0.2, 0.25) is 0 Å². The number of rotatable bonds is 6. The average molecular weight is 398 g/mol. The highest BCUT2D eigenvalue weighted by Gasteiger charge is 2.30. The summed E-state index contributed by atoms with van der Waals surface area (Å²) in [7, 11) is -3.17. The van der Waals surface area contributed by atoms with Crippen molar-refractivity contribution in [2.24, 2.45) is 5.92 Å². The van der Waals surface area contributed by atoms with Crippen LogP contribution in [-0.2, 0) is 14.8 Å². The highest BCUT2D eigenvalue weighted by molar-refractivity contribution is 7.88. The molecule has 3 rings (SSSR count). The van der Waals surface area contributed by atoms with Crippen LogP contribution in [0.15, 0.2) is 22.8 Å². The third kappa shape index (κ3) is 5.56. The minimum absolute atomic E-state index is 0.0227. The van der Waals surface area contributed by atoms with Gasteiger partial charge in [-0.1, -0.05) is 12.8 Å². The molecule has 0 aromatic carbocycles. The van der Waals surface area contributed by atoms with E-state index in [9.17, 15) is 13.2 Å². The number of hydrogen-bond acceptors (Lipinski definition) is 5. The molecule has 3 heterocycles. The number of amides is 1. The third-order valence-corrected chi connectivity index (χ3v) is 7.02. The van der Waals surface area contributed by atoms with E-state index in [0.717, 1.165) is 18.8 Å². The van der Waals surface area contributed by atoms with E-state index in [1.807, 2.05) is 12.1 Å². The Balaban J connectivity index is 1.56. The molecule has 0 spiro atoms. The van der Waals surface area contributed by atoms with E-state index in [4.69, 9.17) is 4.42 Å².